The molecule has 4 rings (SSSR count). The van der Waals surface area contributed by atoms with Crippen molar-refractivity contribution in [2.45, 2.75) is 16.3 Å². The van der Waals surface area contributed by atoms with Crippen LogP contribution in [0.2, 0.25) is 0 Å². The first-order valence-electron chi connectivity index (χ1n) is 8.98. The zero-order valence-electron chi connectivity index (χ0n) is 15.5. The quantitative estimate of drug-likeness (QED) is 0.403. The molecule has 1 N–H and O–H groups in total. The average molecular weight is 487 g/mol. The number of amides is 1. The summed E-state index contributed by atoms with van der Waals surface area (Å²) in [4.78, 5) is 12.6. The molecule has 0 aliphatic rings. The maximum Gasteiger partial charge on any atom is 0.244 e. The number of nitrogens with zero attached hydrogens (tertiary/aromatic N) is 1. The Morgan fingerprint density at radius 3 is 2.47 bits per heavy atom. The predicted octanol–water partition coefficient (Wildman–Crippen LogP) is 5.01. The number of aromatic nitrogens is 1. The number of sulfone groups is 1. The first-order chi connectivity index (χ1) is 14.3. The van der Waals surface area contributed by atoms with E-state index in [9.17, 15) is 17.6 Å². The molecule has 0 saturated carbocycles. The van der Waals surface area contributed by atoms with Crippen LogP contribution < -0.4 is 5.32 Å². The summed E-state index contributed by atoms with van der Waals surface area (Å²) in [7, 11) is -3.89. The molecule has 3 aromatic carbocycles. The highest BCUT2D eigenvalue weighted by Gasteiger charge is 2.24. The molecule has 4 aromatic rings. The lowest BCUT2D eigenvalue weighted by molar-refractivity contribution is -0.116. The van der Waals surface area contributed by atoms with Crippen LogP contribution in [-0.2, 0) is 21.2 Å². The number of nitrogens with one attached hydrogen (secondary N) is 1. The standard InChI is InChI=1S/C22H16BrFN2O3S/c23-15-4-3-5-17(12-15)25-22(27)14-26-13-21(19-6-1-2-7-20(19)26)30(28,29)18-10-8-16(24)9-11-18/h1-13H,14H2,(H,25,27). The summed E-state index contributed by atoms with van der Waals surface area (Å²) in [5.41, 5.74) is 1.24. The molecule has 0 aliphatic carbocycles. The Morgan fingerprint density at radius 2 is 1.73 bits per heavy atom. The van der Waals surface area contributed by atoms with Crippen molar-refractivity contribution < 1.29 is 17.6 Å². The topological polar surface area (TPSA) is 68.2 Å². The van der Waals surface area contributed by atoms with Gasteiger partial charge in [-0.3, -0.25) is 4.79 Å². The molecule has 1 heterocycles. The molecule has 1 amide bonds. The van der Waals surface area contributed by atoms with E-state index >= 15 is 0 Å². The Hall–Kier alpha value is -2.97. The summed E-state index contributed by atoms with van der Waals surface area (Å²) in [6.45, 7) is -0.0635. The fraction of sp³-hybridized carbons (Fsp3) is 0.0455. The minimum absolute atomic E-state index is 0.00890. The van der Waals surface area contributed by atoms with Crippen molar-refractivity contribution in [3.05, 3.63) is 89.3 Å². The second-order valence-corrected chi connectivity index (χ2v) is 9.49. The molecule has 0 unspecified atom stereocenters. The number of para-hydroxylation sites is 1. The Kier molecular flexibility index (Phi) is 5.44. The van der Waals surface area contributed by atoms with Gasteiger partial charge in [0.1, 0.15) is 12.4 Å². The summed E-state index contributed by atoms with van der Waals surface area (Å²) in [6, 6.07) is 18.8. The van der Waals surface area contributed by atoms with Gasteiger partial charge < -0.3 is 9.88 Å². The molecular formula is C22H16BrFN2O3S. The zero-order chi connectivity index (χ0) is 21.3. The molecule has 152 valence electrons. The fourth-order valence-corrected chi connectivity index (χ4v) is 5.10. The lowest BCUT2D eigenvalue weighted by atomic mass is 10.2. The Balaban J connectivity index is 1.70. The number of fused-ring (bicyclic) bond motifs is 1. The van der Waals surface area contributed by atoms with E-state index in [0.717, 1.165) is 16.6 Å². The number of carbonyl (C=O) groups excluding carboxylic acids is 1. The van der Waals surface area contributed by atoms with Gasteiger partial charge in [-0.15, -0.1) is 0 Å². The molecule has 5 nitrogen and oxygen atoms in total. The van der Waals surface area contributed by atoms with Gasteiger partial charge in [0.2, 0.25) is 15.7 Å². The summed E-state index contributed by atoms with van der Waals surface area (Å²) in [5, 5.41) is 3.30. The number of carbonyl (C=O) groups is 1. The van der Waals surface area contributed by atoms with Crippen molar-refractivity contribution in [3.8, 4) is 0 Å². The molecule has 0 radical (unpaired) electrons. The van der Waals surface area contributed by atoms with Crippen LogP contribution in [0.3, 0.4) is 0 Å². The Morgan fingerprint density at radius 1 is 1.00 bits per heavy atom. The van der Waals surface area contributed by atoms with E-state index in [0.29, 0.717) is 16.6 Å². The second kappa shape index (κ2) is 8.04. The maximum absolute atomic E-state index is 13.2. The van der Waals surface area contributed by atoms with Gasteiger partial charge >= 0.3 is 0 Å². The van der Waals surface area contributed by atoms with Crippen molar-refractivity contribution in [2.75, 3.05) is 5.32 Å². The van der Waals surface area contributed by atoms with Crippen LogP contribution in [0.25, 0.3) is 10.9 Å². The van der Waals surface area contributed by atoms with Gasteiger partial charge in [-0.05, 0) is 48.5 Å². The van der Waals surface area contributed by atoms with Gasteiger partial charge in [-0.25, -0.2) is 12.8 Å². The smallest absolute Gasteiger partial charge is 0.244 e. The first-order valence-corrected chi connectivity index (χ1v) is 11.3. The fourth-order valence-electron chi connectivity index (χ4n) is 3.22. The third-order valence-electron chi connectivity index (χ3n) is 4.59. The normalized spacial score (nSPS) is 11.5. The van der Waals surface area contributed by atoms with Crippen molar-refractivity contribution >= 4 is 48.3 Å². The van der Waals surface area contributed by atoms with Crippen molar-refractivity contribution in [2.24, 2.45) is 0 Å². The molecule has 0 aliphatic heterocycles. The number of hydrogen-bond donors (Lipinski definition) is 1. The van der Waals surface area contributed by atoms with Crippen LogP contribution >= 0.6 is 15.9 Å². The van der Waals surface area contributed by atoms with Crippen LogP contribution in [0.5, 0.6) is 0 Å². The minimum Gasteiger partial charge on any atom is -0.337 e. The second-order valence-electron chi connectivity index (χ2n) is 6.65. The summed E-state index contributed by atoms with van der Waals surface area (Å²) >= 11 is 3.36. The number of hydrogen-bond acceptors (Lipinski definition) is 3. The Labute approximate surface area is 181 Å². The molecule has 0 saturated heterocycles. The van der Waals surface area contributed by atoms with E-state index in [1.54, 1.807) is 47.0 Å². The maximum atomic E-state index is 13.2. The monoisotopic (exact) mass is 486 g/mol. The van der Waals surface area contributed by atoms with E-state index in [1.165, 1.54) is 18.3 Å². The summed E-state index contributed by atoms with van der Waals surface area (Å²) < 4.78 is 42.0. The Bertz CT molecular complexity index is 1350. The van der Waals surface area contributed by atoms with E-state index in [1.807, 2.05) is 6.07 Å². The van der Waals surface area contributed by atoms with E-state index < -0.39 is 15.7 Å². The van der Waals surface area contributed by atoms with Crippen molar-refractivity contribution in [1.82, 2.24) is 4.57 Å². The minimum atomic E-state index is -3.89. The summed E-state index contributed by atoms with van der Waals surface area (Å²) in [6.07, 6.45) is 1.45. The van der Waals surface area contributed by atoms with Gasteiger partial charge in [0.25, 0.3) is 0 Å². The highest BCUT2D eigenvalue weighted by Crippen LogP contribution is 2.30. The number of halogens is 2. The van der Waals surface area contributed by atoms with Gasteiger partial charge in [-0.2, -0.15) is 0 Å². The van der Waals surface area contributed by atoms with E-state index in [-0.39, 0.29) is 22.2 Å². The van der Waals surface area contributed by atoms with Gasteiger partial charge in [-0.1, -0.05) is 40.2 Å². The molecule has 0 bridgehead atoms. The molecule has 0 atom stereocenters. The van der Waals surface area contributed by atoms with Crippen LogP contribution in [0.15, 0.2) is 93.3 Å². The molecule has 30 heavy (non-hydrogen) atoms. The number of benzene rings is 3. The first kappa shape index (κ1) is 20.3. The van der Waals surface area contributed by atoms with Gasteiger partial charge in [0.05, 0.1) is 9.79 Å². The van der Waals surface area contributed by atoms with Crippen LogP contribution in [0, 0.1) is 5.82 Å². The number of anilines is 1. The third kappa shape index (κ3) is 4.01. The third-order valence-corrected chi connectivity index (χ3v) is 6.88. The van der Waals surface area contributed by atoms with Gasteiger partial charge in [0, 0.05) is 27.3 Å². The van der Waals surface area contributed by atoms with Crippen molar-refractivity contribution in [1.29, 1.82) is 0 Å². The van der Waals surface area contributed by atoms with Crippen LogP contribution in [0.1, 0.15) is 0 Å². The van der Waals surface area contributed by atoms with Crippen LogP contribution in [0.4, 0.5) is 10.1 Å². The molecule has 0 spiro atoms. The van der Waals surface area contributed by atoms with Crippen molar-refractivity contribution in [3.63, 3.8) is 0 Å². The predicted molar refractivity (Wildman–Crippen MR) is 117 cm³/mol. The van der Waals surface area contributed by atoms with E-state index in [4.69, 9.17) is 0 Å². The van der Waals surface area contributed by atoms with E-state index in [2.05, 4.69) is 21.2 Å². The SMILES string of the molecule is O=C(Cn1cc(S(=O)(=O)c2ccc(F)cc2)c2ccccc21)Nc1cccc(Br)c1. The summed E-state index contributed by atoms with van der Waals surface area (Å²) in [5.74, 6) is -0.805. The lowest BCUT2D eigenvalue weighted by Gasteiger charge is -2.07. The van der Waals surface area contributed by atoms with Gasteiger partial charge in [0.15, 0.2) is 0 Å². The highest BCUT2D eigenvalue weighted by atomic mass is 79.9. The molecular weight excluding hydrogens is 471 g/mol. The highest BCUT2D eigenvalue weighted by molar-refractivity contribution is 9.10. The largest absolute Gasteiger partial charge is 0.337 e. The molecule has 1 aromatic heterocycles. The zero-order valence-corrected chi connectivity index (χ0v) is 18.0. The number of rotatable bonds is 5. The molecule has 8 heteroatoms. The average Bonchev–Trinajstić information content (AvgIpc) is 3.07. The van der Waals surface area contributed by atoms with Crippen LogP contribution in [-0.4, -0.2) is 18.9 Å². The lowest BCUT2D eigenvalue weighted by Crippen LogP contribution is -2.18. The molecule has 0 fully saturated rings.